The molecule has 0 aliphatic rings. The summed E-state index contributed by atoms with van der Waals surface area (Å²) in [6.07, 6.45) is 3.01. The summed E-state index contributed by atoms with van der Waals surface area (Å²) < 4.78 is 0. The summed E-state index contributed by atoms with van der Waals surface area (Å²) in [6, 6.07) is 7.91. The Kier molecular flexibility index (Phi) is 2.78. The minimum Gasteiger partial charge on any atom is -0.478 e. The van der Waals surface area contributed by atoms with Crippen LogP contribution in [0.3, 0.4) is 0 Å². The Bertz CT molecular complexity index is 516. The summed E-state index contributed by atoms with van der Waals surface area (Å²) in [5, 5.41) is 11.1. The number of para-hydroxylation sites is 1. The zero-order valence-electron chi connectivity index (χ0n) is 7.81. The summed E-state index contributed by atoms with van der Waals surface area (Å²) in [7, 11) is 0. The lowest BCUT2D eigenvalue weighted by atomic mass is 10.2. The SMILES string of the molecule is O=C(O)C=CSc1c[nH]c2ccccc12. The molecular formula is C11H9NO2S. The highest BCUT2D eigenvalue weighted by atomic mass is 32.2. The summed E-state index contributed by atoms with van der Waals surface area (Å²) in [4.78, 5) is 14.4. The molecule has 0 bridgehead atoms. The van der Waals surface area contributed by atoms with Crippen molar-refractivity contribution >= 4 is 28.6 Å². The lowest BCUT2D eigenvalue weighted by Gasteiger charge is -1.92. The third-order valence-electron chi connectivity index (χ3n) is 1.96. The fourth-order valence-electron chi connectivity index (χ4n) is 1.31. The van der Waals surface area contributed by atoms with Crippen molar-refractivity contribution in [3.8, 4) is 0 Å². The fraction of sp³-hybridized carbons (Fsp3) is 0. The molecule has 0 saturated carbocycles. The number of aromatic nitrogens is 1. The van der Waals surface area contributed by atoms with Crippen molar-refractivity contribution < 1.29 is 9.90 Å². The summed E-state index contributed by atoms with van der Waals surface area (Å²) in [5.41, 5.74) is 1.06. The second-order valence-electron chi connectivity index (χ2n) is 2.96. The first-order valence-electron chi connectivity index (χ1n) is 4.39. The Balaban J connectivity index is 2.25. The van der Waals surface area contributed by atoms with Gasteiger partial charge in [-0.25, -0.2) is 4.79 Å². The molecule has 2 N–H and O–H groups in total. The van der Waals surface area contributed by atoms with Gasteiger partial charge in [-0.2, -0.15) is 0 Å². The van der Waals surface area contributed by atoms with E-state index in [1.54, 1.807) is 5.41 Å². The zero-order chi connectivity index (χ0) is 10.7. The van der Waals surface area contributed by atoms with E-state index >= 15 is 0 Å². The van der Waals surface area contributed by atoms with E-state index in [9.17, 15) is 4.79 Å². The zero-order valence-corrected chi connectivity index (χ0v) is 8.62. The molecule has 0 amide bonds. The number of fused-ring (bicyclic) bond motifs is 1. The summed E-state index contributed by atoms with van der Waals surface area (Å²) >= 11 is 1.39. The first-order valence-corrected chi connectivity index (χ1v) is 5.27. The molecule has 4 heteroatoms. The van der Waals surface area contributed by atoms with Crippen molar-refractivity contribution in [3.05, 3.63) is 41.9 Å². The van der Waals surface area contributed by atoms with Crippen LogP contribution in [0.15, 0.2) is 46.8 Å². The van der Waals surface area contributed by atoms with Gasteiger partial charge in [0.25, 0.3) is 0 Å². The molecule has 0 spiro atoms. The van der Waals surface area contributed by atoms with Gasteiger partial charge >= 0.3 is 5.97 Å². The van der Waals surface area contributed by atoms with Crippen molar-refractivity contribution in [1.82, 2.24) is 4.98 Å². The molecule has 0 aliphatic carbocycles. The van der Waals surface area contributed by atoms with E-state index < -0.39 is 5.97 Å². The van der Waals surface area contributed by atoms with Crippen LogP contribution in [0.2, 0.25) is 0 Å². The maximum atomic E-state index is 10.3. The molecule has 2 aromatic rings. The van der Waals surface area contributed by atoms with Crippen LogP contribution in [0.4, 0.5) is 0 Å². The molecule has 1 heterocycles. The molecule has 76 valence electrons. The van der Waals surface area contributed by atoms with Crippen molar-refractivity contribution in [1.29, 1.82) is 0 Å². The summed E-state index contributed by atoms with van der Waals surface area (Å²) in [5.74, 6) is -0.928. The lowest BCUT2D eigenvalue weighted by Crippen LogP contribution is -1.84. The van der Waals surface area contributed by atoms with E-state index in [2.05, 4.69) is 4.98 Å². The van der Waals surface area contributed by atoms with Gasteiger partial charge < -0.3 is 10.1 Å². The van der Waals surface area contributed by atoms with Crippen LogP contribution in [0.25, 0.3) is 10.9 Å². The molecular weight excluding hydrogens is 210 g/mol. The number of hydrogen-bond donors (Lipinski definition) is 2. The van der Waals surface area contributed by atoms with E-state index in [0.29, 0.717) is 0 Å². The maximum absolute atomic E-state index is 10.3. The molecule has 0 aliphatic heterocycles. The van der Waals surface area contributed by atoms with E-state index in [1.165, 1.54) is 11.8 Å². The molecule has 2 rings (SSSR count). The largest absolute Gasteiger partial charge is 0.478 e. The minimum atomic E-state index is -0.928. The second-order valence-corrected chi connectivity index (χ2v) is 3.91. The normalized spacial score (nSPS) is 11.2. The standard InChI is InChI=1S/C11H9NO2S/c13-11(14)5-6-15-10-7-12-9-4-2-1-3-8(9)10/h1-7,12H,(H,13,14). The third kappa shape index (κ3) is 2.22. The molecule has 0 atom stereocenters. The van der Waals surface area contributed by atoms with Gasteiger partial charge in [-0.05, 0) is 11.5 Å². The average Bonchev–Trinajstić information content (AvgIpc) is 2.62. The number of rotatable bonds is 3. The van der Waals surface area contributed by atoms with Gasteiger partial charge in [0, 0.05) is 28.1 Å². The Morgan fingerprint density at radius 2 is 2.20 bits per heavy atom. The van der Waals surface area contributed by atoms with Crippen molar-refractivity contribution in [2.45, 2.75) is 4.90 Å². The number of benzene rings is 1. The number of aromatic amines is 1. The van der Waals surface area contributed by atoms with Gasteiger partial charge in [0.15, 0.2) is 0 Å². The molecule has 15 heavy (non-hydrogen) atoms. The topological polar surface area (TPSA) is 53.1 Å². The second kappa shape index (κ2) is 4.23. The molecule has 1 aromatic heterocycles. The Morgan fingerprint density at radius 1 is 1.40 bits per heavy atom. The van der Waals surface area contributed by atoms with Gasteiger partial charge in [-0.3, -0.25) is 0 Å². The molecule has 0 radical (unpaired) electrons. The summed E-state index contributed by atoms with van der Waals surface area (Å²) in [6.45, 7) is 0. The molecule has 1 aromatic carbocycles. The highest BCUT2D eigenvalue weighted by Gasteiger charge is 2.00. The van der Waals surface area contributed by atoms with Crippen LogP contribution < -0.4 is 0 Å². The smallest absolute Gasteiger partial charge is 0.328 e. The van der Waals surface area contributed by atoms with Crippen LogP contribution in [-0.4, -0.2) is 16.1 Å². The van der Waals surface area contributed by atoms with Crippen LogP contribution in [-0.2, 0) is 4.79 Å². The Hall–Kier alpha value is -1.68. The molecule has 3 nitrogen and oxygen atoms in total. The maximum Gasteiger partial charge on any atom is 0.328 e. The molecule has 0 fully saturated rings. The van der Waals surface area contributed by atoms with Crippen LogP contribution >= 0.6 is 11.8 Å². The minimum absolute atomic E-state index is 0.928. The van der Waals surface area contributed by atoms with Gasteiger partial charge in [0.1, 0.15) is 0 Å². The number of nitrogens with one attached hydrogen (secondary N) is 1. The number of H-pyrrole nitrogens is 1. The van der Waals surface area contributed by atoms with Gasteiger partial charge in [-0.15, -0.1) is 0 Å². The van der Waals surface area contributed by atoms with E-state index in [-0.39, 0.29) is 0 Å². The number of carbonyl (C=O) groups is 1. The number of carboxylic acid groups (broad SMARTS) is 1. The van der Waals surface area contributed by atoms with Crippen LogP contribution in [0.5, 0.6) is 0 Å². The first-order chi connectivity index (χ1) is 7.27. The lowest BCUT2D eigenvalue weighted by molar-refractivity contribution is -0.131. The van der Waals surface area contributed by atoms with E-state index in [4.69, 9.17) is 5.11 Å². The number of thioether (sulfide) groups is 1. The first kappa shape index (κ1) is 9.86. The highest BCUT2D eigenvalue weighted by molar-refractivity contribution is 8.02. The Labute approximate surface area is 90.8 Å². The van der Waals surface area contributed by atoms with Crippen molar-refractivity contribution in [3.63, 3.8) is 0 Å². The van der Waals surface area contributed by atoms with Gasteiger partial charge in [-0.1, -0.05) is 30.0 Å². The monoisotopic (exact) mass is 219 g/mol. The number of aliphatic carboxylic acids is 1. The van der Waals surface area contributed by atoms with Crippen molar-refractivity contribution in [2.75, 3.05) is 0 Å². The number of hydrogen-bond acceptors (Lipinski definition) is 2. The fourth-order valence-corrected chi connectivity index (χ4v) is 2.07. The highest BCUT2D eigenvalue weighted by Crippen LogP contribution is 2.28. The van der Waals surface area contributed by atoms with Crippen molar-refractivity contribution in [2.24, 2.45) is 0 Å². The predicted molar refractivity (Wildman–Crippen MR) is 60.9 cm³/mol. The average molecular weight is 219 g/mol. The Morgan fingerprint density at radius 3 is 3.00 bits per heavy atom. The predicted octanol–water partition coefficient (Wildman–Crippen LogP) is 2.86. The van der Waals surface area contributed by atoms with Gasteiger partial charge in [0.05, 0.1) is 0 Å². The molecule has 0 saturated heterocycles. The van der Waals surface area contributed by atoms with Crippen LogP contribution in [0.1, 0.15) is 0 Å². The quantitative estimate of drug-likeness (QED) is 0.616. The molecule has 0 unspecified atom stereocenters. The third-order valence-corrected chi connectivity index (χ3v) is 2.82. The van der Waals surface area contributed by atoms with Crippen LogP contribution in [0, 0.1) is 0 Å². The number of carboxylic acids is 1. The van der Waals surface area contributed by atoms with Gasteiger partial charge in [0.2, 0.25) is 0 Å². The van der Waals surface area contributed by atoms with E-state index in [1.807, 2.05) is 30.5 Å². The van der Waals surface area contributed by atoms with E-state index in [0.717, 1.165) is 21.9 Å².